The molecule has 0 radical (unpaired) electrons. The van der Waals surface area contributed by atoms with Gasteiger partial charge in [0.15, 0.2) is 0 Å². The number of aromatic carboxylic acids is 1. The molecule has 1 aromatic carbocycles. The largest absolute Gasteiger partial charge is 0.478 e. The molecular weight excluding hydrogens is 274 g/mol. The van der Waals surface area contributed by atoms with E-state index >= 15 is 0 Å². The number of rotatable bonds is 3. The molecule has 0 aliphatic heterocycles. The Morgan fingerprint density at radius 3 is 2.29 bits per heavy atom. The molecule has 0 saturated carbocycles. The fourth-order valence-electron chi connectivity index (χ4n) is 1.26. The average Bonchev–Trinajstić information content (AvgIpc) is 2.47. The number of nitrogens with zero attached hydrogens (tertiary/aromatic N) is 1. The number of primary amides is 1. The SMILES string of the molecule is NC(=O)OCc1ccccc1.Nc1ccc(C(=O)O)cn1. The van der Waals surface area contributed by atoms with Gasteiger partial charge in [-0.2, -0.15) is 0 Å². The lowest BCUT2D eigenvalue weighted by atomic mass is 10.2. The number of ether oxygens (including phenoxy) is 1. The highest BCUT2D eigenvalue weighted by Crippen LogP contribution is 2.00. The van der Waals surface area contributed by atoms with E-state index < -0.39 is 12.1 Å². The molecule has 0 atom stereocenters. The number of carboxylic acids is 1. The molecule has 0 aliphatic carbocycles. The van der Waals surface area contributed by atoms with Crippen molar-refractivity contribution < 1.29 is 19.4 Å². The Balaban J connectivity index is 0.000000211. The topological polar surface area (TPSA) is 129 Å². The van der Waals surface area contributed by atoms with Gasteiger partial charge in [-0.25, -0.2) is 14.6 Å². The summed E-state index contributed by atoms with van der Waals surface area (Å²) < 4.78 is 4.57. The van der Waals surface area contributed by atoms with Gasteiger partial charge in [-0.1, -0.05) is 30.3 Å². The van der Waals surface area contributed by atoms with E-state index in [9.17, 15) is 9.59 Å². The monoisotopic (exact) mass is 289 g/mol. The first-order valence-corrected chi connectivity index (χ1v) is 5.90. The number of aromatic nitrogens is 1. The number of hydrogen-bond acceptors (Lipinski definition) is 5. The van der Waals surface area contributed by atoms with Crippen molar-refractivity contribution in [2.24, 2.45) is 5.73 Å². The second-order valence-corrected chi connectivity index (χ2v) is 3.87. The van der Waals surface area contributed by atoms with Crippen molar-refractivity contribution in [2.45, 2.75) is 6.61 Å². The van der Waals surface area contributed by atoms with Crippen molar-refractivity contribution in [2.75, 3.05) is 5.73 Å². The molecule has 5 N–H and O–H groups in total. The van der Waals surface area contributed by atoms with Crippen molar-refractivity contribution in [3.05, 3.63) is 59.8 Å². The maximum absolute atomic E-state index is 10.2. The first-order chi connectivity index (χ1) is 9.99. The molecular formula is C14H15N3O4. The number of hydrogen-bond donors (Lipinski definition) is 3. The highest BCUT2D eigenvalue weighted by molar-refractivity contribution is 5.87. The highest BCUT2D eigenvalue weighted by Gasteiger charge is 2.00. The summed E-state index contributed by atoms with van der Waals surface area (Å²) in [6, 6.07) is 12.2. The van der Waals surface area contributed by atoms with Crippen molar-refractivity contribution in [1.29, 1.82) is 0 Å². The first kappa shape index (κ1) is 16.0. The quantitative estimate of drug-likeness (QED) is 0.787. The molecule has 0 unspecified atom stereocenters. The smallest absolute Gasteiger partial charge is 0.404 e. The van der Waals surface area contributed by atoms with Crippen LogP contribution in [0.5, 0.6) is 0 Å². The van der Waals surface area contributed by atoms with E-state index in [1.54, 1.807) is 0 Å². The van der Waals surface area contributed by atoms with E-state index in [0.717, 1.165) is 5.56 Å². The molecule has 0 bridgehead atoms. The Labute approximate surface area is 121 Å². The zero-order chi connectivity index (χ0) is 15.7. The summed E-state index contributed by atoms with van der Waals surface area (Å²) in [7, 11) is 0. The second kappa shape index (κ2) is 8.16. The van der Waals surface area contributed by atoms with Gasteiger partial charge < -0.3 is 21.3 Å². The normalized spacial score (nSPS) is 9.14. The molecule has 0 saturated heterocycles. The molecule has 0 fully saturated rings. The third kappa shape index (κ3) is 6.58. The van der Waals surface area contributed by atoms with Gasteiger partial charge >= 0.3 is 12.1 Å². The van der Waals surface area contributed by atoms with E-state index in [0.29, 0.717) is 5.82 Å². The van der Waals surface area contributed by atoms with Gasteiger partial charge in [0.25, 0.3) is 0 Å². The number of anilines is 1. The molecule has 7 nitrogen and oxygen atoms in total. The number of amides is 1. The summed E-state index contributed by atoms with van der Waals surface area (Å²) in [5, 5.41) is 8.39. The molecule has 1 amide bonds. The van der Waals surface area contributed by atoms with Crippen LogP contribution < -0.4 is 11.5 Å². The van der Waals surface area contributed by atoms with Crippen LogP contribution in [-0.2, 0) is 11.3 Å². The summed E-state index contributed by atoms with van der Waals surface area (Å²) in [4.78, 5) is 24.0. The van der Waals surface area contributed by atoms with Crippen LogP contribution in [0.4, 0.5) is 10.6 Å². The number of pyridine rings is 1. The lowest BCUT2D eigenvalue weighted by Gasteiger charge is -1.99. The van der Waals surface area contributed by atoms with Crippen LogP contribution in [0, 0.1) is 0 Å². The van der Waals surface area contributed by atoms with Gasteiger partial charge in [-0.3, -0.25) is 0 Å². The van der Waals surface area contributed by atoms with Gasteiger partial charge in [-0.05, 0) is 17.7 Å². The lowest BCUT2D eigenvalue weighted by Crippen LogP contribution is -2.12. The van der Waals surface area contributed by atoms with Crippen LogP contribution in [0.1, 0.15) is 15.9 Å². The number of nitrogens with two attached hydrogens (primary N) is 2. The Hall–Kier alpha value is -3.09. The number of nitrogen functional groups attached to an aromatic ring is 1. The third-order valence-corrected chi connectivity index (χ3v) is 2.26. The van der Waals surface area contributed by atoms with Gasteiger partial charge in [0.1, 0.15) is 12.4 Å². The molecule has 0 aliphatic rings. The van der Waals surface area contributed by atoms with Gasteiger partial charge in [0.2, 0.25) is 0 Å². The van der Waals surface area contributed by atoms with E-state index in [1.165, 1.54) is 18.3 Å². The van der Waals surface area contributed by atoms with E-state index in [4.69, 9.17) is 16.6 Å². The van der Waals surface area contributed by atoms with E-state index in [-0.39, 0.29) is 12.2 Å². The second-order valence-electron chi connectivity index (χ2n) is 3.87. The van der Waals surface area contributed by atoms with E-state index in [2.05, 4.69) is 9.72 Å². The Morgan fingerprint density at radius 1 is 1.14 bits per heavy atom. The van der Waals surface area contributed by atoms with Crippen LogP contribution >= 0.6 is 0 Å². The van der Waals surface area contributed by atoms with Gasteiger partial charge in [0, 0.05) is 6.20 Å². The molecule has 2 aromatic rings. The summed E-state index contributed by atoms with van der Waals surface area (Å²) in [6.45, 7) is 0.246. The molecule has 2 rings (SSSR count). The Bertz CT molecular complexity index is 585. The zero-order valence-corrected chi connectivity index (χ0v) is 11.1. The maximum Gasteiger partial charge on any atom is 0.404 e. The fourth-order valence-corrected chi connectivity index (χ4v) is 1.26. The van der Waals surface area contributed by atoms with E-state index in [1.807, 2.05) is 30.3 Å². The minimum absolute atomic E-state index is 0.147. The lowest BCUT2D eigenvalue weighted by molar-refractivity contribution is 0.0696. The highest BCUT2D eigenvalue weighted by atomic mass is 16.5. The summed E-state index contributed by atoms with van der Waals surface area (Å²) in [5.41, 5.74) is 11.1. The zero-order valence-electron chi connectivity index (χ0n) is 11.1. The van der Waals surface area contributed by atoms with Crippen LogP contribution in [0.15, 0.2) is 48.7 Å². The number of carbonyl (C=O) groups excluding carboxylic acids is 1. The van der Waals surface area contributed by atoms with Crippen LogP contribution in [0.25, 0.3) is 0 Å². The number of benzene rings is 1. The molecule has 21 heavy (non-hydrogen) atoms. The Morgan fingerprint density at radius 2 is 1.81 bits per heavy atom. The first-order valence-electron chi connectivity index (χ1n) is 5.90. The Kier molecular flexibility index (Phi) is 6.20. The van der Waals surface area contributed by atoms with Gasteiger partial charge in [-0.15, -0.1) is 0 Å². The minimum Gasteiger partial charge on any atom is -0.478 e. The standard InChI is InChI=1S/C8H9NO2.C6H6N2O2/c9-8(10)11-6-7-4-2-1-3-5-7;7-5-2-1-4(3-8-5)6(9)10/h1-5H,6H2,(H2,9,10);1-3H,(H2,7,8)(H,9,10). The summed E-state index contributed by atoms with van der Waals surface area (Å²) in [6.07, 6.45) is 0.478. The summed E-state index contributed by atoms with van der Waals surface area (Å²) >= 11 is 0. The molecule has 1 aromatic heterocycles. The fraction of sp³-hybridized carbons (Fsp3) is 0.0714. The predicted molar refractivity (Wildman–Crippen MR) is 76.4 cm³/mol. The summed E-state index contributed by atoms with van der Waals surface area (Å²) in [5.74, 6) is -0.669. The number of carboxylic acid groups (broad SMARTS) is 1. The number of carbonyl (C=O) groups is 2. The van der Waals surface area contributed by atoms with Crippen LogP contribution in [0.2, 0.25) is 0 Å². The van der Waals surface area contributed by atoms with Crippen molar-refractivity contribution >= 4 is 17.9 Å². The minimum atomic E-state index is -0.993. The van der Waals surface area contributed by atoms with Gasteiger partial charge in [0.05, 0.1) is 5.56 Å². The third-order valence-electron chi connectivity index (χ3n) is 2.26. The van der Waals surface area contributed by atoms with Crippen LogP contribution in [0.3, 0.4) is 0 Å². The van der Waals surface area contributed by atoms with Crippen molar-refractivity contribution in [1.82, 2.24) is 4.98 Å². The predicted octanol–water partition coefficient (Wildman–Crippen LogP) is 1.64. The molecule has 1 heterocycles. The maximum atomic E-state index is 10.2. The van der Waals surface area contributed by atoms with Crippen molar-refractivity contribution in [3.8, 4) is 0 Å². The van der Waals surface area contributed by atoms with Crippen molar-refractivity contribution in [3.63, 3.8) is 0 Å². The average molecular weight is 289 g/mol. The molecule has 110 valence electrons. The molecule has 7 heteroatoms. The molecule has 0 spiro atoms. The van der Waals surface area contributed by atoms with Crippen LogP contribution in [-0.4, -0.2) is 22.2 Å².